The summed E-state index contributed by atoms with van der Waals surface area (Å²) in [5.41, 5.74) is -9.85. The van der Waals surface area contributed by atoms with Gasteiger partial charge < -0.3 is 0 Å². The van der Waals surface area contributed by atoms with Crippen LogP contribution in [0.25, 0.3) is 153 Å². The molecule has 0 fully saturated rings. The third-order valence-corrected chi connectivity index (χ3v) is 13.0. The number of fused-ring (bicyclic) bond motifs is 7. The highest BCUT2D eigenvalue weighted by molar-refractivity contribution is 6.25. The SMILES string of the molecule is [2HH].[2HH].[2HH].[2H]c1cc2c(-c3c4c([2H])c([2H])c([2H])c([2H])c4c(-c4c([2H])c([2H])c([2H])c(-c5c([2H])c([2H])c6c([2H])c([2H])c([2H])c([2H])c6c5[2H])c4[2H])c4c([2H])c([2H])c([2H])c([2H])c34)c([2H])c([2H])c([2H])c2c([2H])c1[2H].[2H]c1cc2c(-c3c4c([2H])c([2H])c([2H])cc4c(-c4c([2H])c([2H])c([2H])c([2H])c4-c4c([2H])c([2H])c(-c5c([2H])c([2H])c([2H])c([2H])c5[2H])c([2H])c4[2H])c4c([2H])c([2H])c([2H])c([2H])c34)c([2H])c([2H])c([2H])c2c([2H])c1[2H]. The van der Waals surface area contributed by atoms with Crippen molar-refractivity contribution >= 4 is 75.4 Å². The average molecular weight is 1100 g/mol. The lowest BCUT2D eigenvalue weighted by Gasteiger charge is -2.20. The minimum Gasteiger partial charge on any atom is -0.0622 e. The molecule has 0 heterocycles. The van der Waals surface area contributed by atoms with E-state index in [-0.39, 0.29) is 15.1 Å². The van der Waals surface area contributed by atoms with Gasteiger partial charge >= 0.3 is 0 Å². The Kier molecular flexibility index (Phi) is 4.83. The highest BCUT2D eigenvalue weighted by atomic mass is 14.2. The van der Waals surface area contributed by atoms with Crippen LogP contribution in [-0.4, -0.2) is 0 Å². The molecule has 0 aromatic heterocycles. The van der Waals surface area contributed by atoms with E-state index in [1.54, 1.807) is 0 Å². The Balaban J connectivity index is 0.000000239. The fraction of sp³-hybridized carbons (Fsp3) is 0. The molecule has 0 unspecified atom stereocenters. The van der Waals surface area contributed by atoms with Crippen LogP contribution < -0.4 is 0 Å². The molecule has 0 bridgehead atoms. The van der Waals surface area contributed by atoms with Crippen molar-refractivity contribution in [3.05, 3.63) is 326 Å². The first-order valence-electron chi connectivity index (χ1n) is 49.7. The molecule has 0 radical (unpaired) electrons. The van der Waals surface area contributed by atoms with Crippen molar-refractivity contribution in [3.8, 4) is 77.9 Å². The van der Waals surface area contributed by atoms with Crippen molar-refractivity contribution in [2.45, 2.75) is 0 Å². The normalized spacial score (nSPS) is 20.1. The van der Waals surface area contributed by atoms with Crippen LogP contribution in [-0.2, 0) is 0 Å². The number of rotatable bonds is 7. The molecule has 0 aliphatic rings. The number of benzene rings is 16. The van der Waals surface area contributed by atoms with Crippen molar-refractivity contribution in [3.63, 3.8) is 0 Å². The zero-order chi connectivity index (χ0) is 98.7. The van der Waals surface area contributed by atoms with Gasteiger partial charge in [-0.1, -0.05) is 314 Å². The van der Waals surface area contributed by atoms with Crippen LogP contribution in [0, 0.1) is 0 Å². The first kappa shape index (κ1) is 19.0. The van der Waals surface area contributed by atoms with Crippen LogP contribution in [0.1, 0.15) is 74.2 Å². The second-order valence-corrected chi connectivity index (χ2v) is 17.5. The van der Waals surface area contributed by atoms with Gasteiger partial charge in [0, 0.05) is 4.28 Å². The Morgan fingerprint density at radius 2 is 0.512 bits per heavy atom. The van der Waals surface area contributed by atoms with Crippen molar-refractivity contribution in [2.75, 3.05) is 0 Å². The largest absolute Gasteiger partial charge is 0.0636 e. The molecule has 82 heavy (non-hydrogen) atoms. The zero-order valence-electron chi connectivity index (χ0n) is 92.2. The summed E-state index contributed by atoms with van der Waals surface area (Å²) < 4.78 is 452. The van der Waals surface area contributed by atoms with Crippen LogP contribution in [0.15, 0.2) is 326 Å². The van der Waals surface area contributed by atoms with Gasteiger partial charge in [0.1, 0.15) is 0 Å². The maximum absolute atomic E-state index is 9.69. The van der Waals surface area contributed by atoms with E-state index in [0.717, 1.165) is 18.2 Å². The summed E-state index contributed by atoms with van der Waals surface area (Å²) in [7, 11) is 0. The van der Waals surface area contributed by atoms with Gasteiger partial charge in [-0.2, -0.15) is 0 Å². The monoisotopic (exact) mass is 1100 g/mol. The van der Waals surface area contributed by atoms with Gasteiger partial charge in [0.25, 0.3) is 0 Å². The highest BCUT2D eigenvalue weighted by Crippen LogP contribution is 2.49. The lowest BCUT2D eigenvalue weighted by atomic mass is 9.83. The summed E-state index contributed by atoms with van der Waals surface area (Å²) >= 11 is 0. The predicted octanol–water partition coefficient (Wildman–Crippen LogP) is 23.9. The molecule has 0 saturated heterocycles. The van der Waals surface area contributed by atoms with Crippen molar-refractivity contribution in [1.82, 2.24) is 0 Å². The maximum Gasteiger partial charge on any atom is 0.0636 e. The molecule has 0 saturated carbocycles. The van der Waals surface area contributed by atoms with E-state index in [9.17, 15) is 21.9 Å². The molecule has 16 rings (SSSR count). The average Bonchev–Trinajstić information content (AvgIpc) is 0.688. The molecule has 0 atom stereocenters. The van der Waals surface area contributed by atoms with Gasteiger partial charge in [-0.05, 0) is 165 Å². The first-order valence-corrected chi connectivity index (χ1v) is 24.2. The molecule has 16 aromatic rings. The summed E-state index contributed by atoms with van der Waals surface area (Å²) in [6, 6.07) is -42.2. The van der Waals surface area contributed by atoms with Gasteiger partial charge in [0.15, 0.2) is 0 Å². The van der Waals surface area contributed by atoms with E-state index in [4.69, 9.17) is 48.0 Å². The summed E-state index contributed by atoms with van der Waals surface area (Å²) in [6.45, 7) is 0. The van der Waals surface area contributed by atoms with E-state index in [1.165, 1.54) is 0 Å². The molecule has 0 N–H and O–H groups in total. The Bertz CT molecular complexity index is 8080. The summed E-state index contributed by atoms with van der Waals surface area (Å²) in [5, 5.41) is -7.64. The molecular formula is C82H60. The lowest BCUT2D eigenvalue weighted by Crippen LogP contribution is -1.93. The minimum absolute atomic E-state index is 0. The van der Waals surface area contributed by atoms with E-state index in [1.807, 2.05) is 0 Å². The van der Waals surface area contributed by atoms with Gasteiger partial charge in [-0.25, -0.2) is 0 Å². The third kappa shape index (κ3) is 8.57. The second-order valence-electron chi connectivity index (χ2n) is 17.5. The molecule has 388 valence electrons. The predicted molar refractivity (Wildman–Crippen MR) is 360 cm³/mol. The zero-order valence-corrected chi connectivity index (χ0v) is 41.2. The Labute approximate surface area is 554 Å². The summed E-state index contributed by atoms with van der Waals surface area (Å²) in [5.74, 6) is 0. The van der Waals surface area contributed by atoms with Crippen LogP contribution >= 0.6 is 0 Å². The topological polar surface area (TPSA) is 0 Å². The lowest BCUT2D eigenvalue weighted by molar-refractivity contribution is 1.58. The van der Waals surface area contributed by atoms with Gasteiger partial charge in [0.2, 0.25) is 0 Å². The Hall–Kier alpha value is -10.7. The smallest absolute Gasteiger partial charge is 0.0622 e. The fourth-order valence-corrected chi connectivity index (χ4v) is 9.57. The van der Waals surface area contributed by atoms with Crippen LogP contribution in [0.4, 0.5) is 0 Å². The molecule has 0 spiro atoms. The van der Waals surface area contributed by atoms with E-state index in [2.05, 4.69) is 0 Å². The van der Waals surface area contributed by atoms with Gasteiger partial charge in [0.05, 0.1) is 69.9 Å². The number of hydrogen-bond donors (Lipinski definition) is 0. The summed E-state index contributed by atoms with van der Waals surface area (Å²) in [4.78, 5) is 0. The highest BCUT2D eigenvalue weighted by Gasteiger charge is 2.21. The maximum atomic E-state index is 9.69. The van der Waals surface area contributed by atoms with E-state index >= 15 is 0 Å². The minimum atomic E-state index is -1.06. The molecule has 0 heteroatoms. The first-order chi connectivity index (χ1) is 61.9. The molecule has 0 amide bonds. The van der Waals surface area contributed by atoms with Gasteiger partial charge in [-0.15, -0.1) is 0 Å². The van der Waals surface area contributed by atoms with Crippen molar-refractivity contribution in [1.29, 1.82) is 0 Å². The Morgan fingerprint density at radius 3 is 1.11 bits per heavy atom. The van der Waals surface area contributed by atoms with Crippen molar-refractivity contribution < 1.29 is 74.2 Å². The summed E-state index contributed by atoms with van der Waals surface area (Å²) in [6.07, 6.45) is 0. The molecule has 0 nitrogen and oxygen atoms in total. The van der Waals surface area contributed by atoms with E-state index < -0.39 is 451 Å². The molecule has 16 aromatic carbocycles. The fourth-order valence-electron chi connectivity index (χ4n) is 9.57. The molecule has 0 aliphatic carbocycles. The molecular weight excluding hydrogens is 985 g/mol. The Morgan fingerprint density at radius 1 is 0.171 bits per heavy atom. The van der Waals surface area contributed by atoms with Crippen LogP contribution in [0.2, 0.25) is 0 Å². The quantitative estimate of drug-likeness (QED) is 0.140. The second kappa shape index (κ2) is 20.9. The standard InChI is InChI=1S/C42H28.C40H26.3H2/c1-2-13-29(14-3-1)30-25-27-32(28-26-30)34-18-6-7-19-35(34)41-37-20-8-10-22-39(37)42(40-23-11-9-21-38(40)41)36-24-12-16-31-15-4-5-17-33(31)36;1-2-13-29-25-31(24-23-27(29)11-1)30-15-9-16-32(26-30)39-35-18-5-7-20-37(35)40(38-21-8-6-19-36(38)39)34-22-10-14-28-12-3-4-17-33(28)34;;;/h1-28H;1-26H;3*1H/i1D,2D,3D,4D,5D,6D,7D,8D,9D,10D,11D,12D,13D,14D,15D,16D,18D,19D,20D,22D,23D,24D,25D,26D,27D,28D;1D,2D,3D,4D,5D,6D,7D,8D,9D,10D,11D,12D,13D,14D,15D,16D,18D,19D,20D,21D,22D,23D,24D,25D,26D;3*1+1. The van der Waals surface area contributed by atoms with Crippen molar-refractivity contribution in [2.24, 2.45) is 0 Å². The van der Waals surface area contributed by atoms with Gasteiger partial charge in [-0.3, -0.25) is 0 Å². The van der Waals surface area contributed by atoms with Crippen LogP contribution in [0.3, 0.4) is 0 Å². The molecule has 0 aliphatic heterocycles. The van der Waals surface area contributed by atoms with E-state index in [0.29, 0.717) is 0 Å². The number of hydrogen-bond acceptors (Lipinski definition) is 0. The third-order valence-electron chi connectivity index (χ3n) is 13.0. The van der Waals surface area contributed by atoms with Crippen LogP contribution in [0.5, 0.6) is 0 Å².